The van der Waals surface area contributed by atoms with Crippen molar-refractivity contribution in [3.05, 3.63) is 0 Å². The molecule has 0 bridgehead atoms. The van der Waals surface area contributed by atoms with E-state index in [9.17, 15) is 5.11 Å². The quantitative estimate of drug-likeness (QED) is 0.328. The molecule has 0 rings (SSSR count). The van der Waals surface area contributed by atoms with Crippen molar-refractivity contribution < 1.29 is 15.4 Å². The van der Waals surface area contributed by atoms with E-state index in [0.717, 1.165) is 0 Å². The van der Waals surface area contributed by atoms with Crippen LogP contribution in [0.15, 0.2) is 0 Å². The van der Waals surface area contributed by atoms with Crippen LogP contribution in [-0.4, -0.2) is 27.2 Å². The van der Waals surface area contributed by atoms with E-state index in [1.165, 1.54) is 0 Å². The third kappa shape index (κ3) is 2.62. The average Bonchev–Trinajstić information content (AvgIpc) is 1.83. The van der Waals surface area contributed by atoms with Crippen LogP contribution in [0.25, 0.3) is 0 Å². The lowest BCUT2D eigenvalue weighted by atomic mass is 9.92. The Morgan fingerprint density at radius 3 is 1.90 bits per heavy atom. The van der Waals surface area contributed by atoms with Crippen LogP contribution < -0.4 is 5.48 Å². The Morgan fingerprint density at radius 2 is 1.80 bits per heavy atom. The minimum atomic E-state index is -1.08. The fourth-order valence-corrected chi connectivity index (χ4v) is 0.498. The maximum Gasteiger partial charge on any atom is 0.132 e. The summed E-state index contributed by atoms with van der Waals surface area (Å²) < 4.78 is 0. The normalized spacial score (nSPS) is 18.6. The van der Waals surface area contributed by atoms with Crippen molar-refractivity contribution in [1.29, 1.82) is 0 Å². The number of nitrogens with one attached hydrogen (secondary N) is 1. The summed E-state index contributed by atoms with van der Waals surface area (Å²) in [6, 6.07) is 0. The fraction of sp³-hybridized carbons (Fsp3) is 1.00. The van der Waals surface area contributed by atoms with Crippen LogP contribution in [0.4, 0.5) is 0 Å². The predicted octanol–water partition coefficient (Wildman–Crippen LogP) is -0.309. The van der Waals surface area contributed by atoms with Crippen LogP contribution in [0.5, 0.6) is 0 Å². The molecule has 0 aliphatic carbocycles. The van der Waals surface area contributed by atoms with Gasteiger partial charge in [-0.05, 0) is 13.8 Å². The first kappa shape index (κ1) is 9.84. The van der Waals surface area contributed by atoms with Gasteiger partial charge in [0.15, 0.2) is 0 Å². The molecule has 0 aliphatic heterocycles. The molecule has 0 saturated carbocycles. The van der Waals surface area contributed by atoms with E-state index in [0.29, 0.717) is 0 Å². The summed E-state index contributed by atoms with van der Waals surface area (Å²) >= 11 is 0. The number of hydrogen-bond donors (Lipinski definition) is 4. The van der Waals surface area contributed by atoms with Gasteiger partial charge >= 0.3 is 0 Å². The van der Waals surface area contributed by atoms with Gasteiger partial charge in [0.25, 0.3) is 0 Å². The zero-order valence-electron chi connectivity index (χ0n) is 6.50. The molecule has 0 aromatic rings. The van der Waals surface area contributed by atoms with E-state index in [-0.39, 0.29) is 0 Å². The van der Waals surface area contributed by atoms with Gasteiger partial charge in [0.1, 0.15) is 6.23 Å². The van der Waals surface area contributed by atoms with Gasteiger partial charge in [0, 0.05) is 5.92 Å². The van der Waals surface area contributed by atoms with Crippen molar-refractivity contribution in [1.82, 2.24) is 5.48 Å². The molecule has 4 heteroatoms. The lowest BCUT2D eigenvalue weighted by Gasteiger charge is -2.28. The van der Waals surface area contributed by atoms with Gasteiger partial charge in [-0.3, -0.25) is 0 Å². The van der Waals surface area contributed by atoms with Gasteiger partial charge < -0.3 is 15.4 Å². The van der Waals surface area contributed by atoms with Crippen molar-refractivity contribution in [3.63, 3.8) is 0 Å². The van der Waals surface area contributed by atoms with Crippen LogP contribution in [0.1, 0.15) is 20.8 Å². The third-order valence-electron chi connectivity index (χ3n) is 1.72. The topological polar surface area (TPSA) is 72.7 Å². The molecule has 0 amide bonds. The van der Waals surface area contributed by atoms with E-state index >= 15 is 0 Å². The van der Waals surface area contributed by atoms with Gasteiger partial charge in [-0.1, -0.05) is 6.92 Å². The molecule has 0 heterocycles. The Morgan fingerprint density at radius 1 is 1.40 bits per heavy atom. The zero-order valence-corrected chi connectivity index (χ0v) is 6.50. The highest BCUT2D eigenvalue weighted by Crippen LogP contribution is 2.17. The molecule has 0 fully saturated rings. The summed E-state index contributed by atoms with van der Waals surface area (Å²) in [6.07, 6.45) is -1.08. The predicted molar refractivity (Wildman–Crippen MR) is 36.4 cm³/mol. The molecule has 0 radical (unpaired) electrons. The first-order valence-electron chi connectivity index (χ1n) is 3.19. The SMILES string of the molecule is CC(C(O)NO)C(C)(C)O. The Labute approximate surface area is 60.5 Å². The lowest BCUT2D eigenvalue weighted by molar-refractivity contribution is -0.0955. The van der Waals surface area contributed by atoms with Crippen molar-refractivity contribution in [3.8, 4) is 0 Å². The molecule has 0 saturated heterocycles. The molecule has 2 unspecified atom stereocenters. The minimum absolute atomic E-state index is 0.419. The minimum Gasteiger partial charge on any atom is -0.390 e. The highest BCUT2D eigenvalue weighted by atomic mass is 16.5. The molecule has 0 aliphatic rings. The smallest absolute Gasteiger partial charge is 0.132 e. The van der Waals surface area contributed by atoms with E-state index in [2.05, 4.69) is 0 Å². The number of aliphatic hydroxyl groups excluding tert-OH is 1. The summed E-state index contributed by atoms with van der Waals surface area (Å²) in [7, 11) is 0. The van der Waals surface area contributed by atoms with Gasteiger partial charge in [-0.15, -0.1) is 0 Å². The molecule has 0 spiro atoms. The molecule has 2 atom stereocenters. The number of rotatable bonds is 3. The van der Waals surface area contributed by atoms with Crippen molar-refractivity contribution >= 4 is 0 Å². The van der Waals surface area contributed by atoms with Crippen LogP contribution in [0.2, 0.25) is 0 Å². The molecular weight excluding hydrogens is 134 g/mol. The third-order valence-corrected chi connectivity index (χ3v) is 1.72. The van der Waals surface area contributed by atoms with Crippen LogP contribution in [0.3, 0.4) is 0 Å². The summed E-state index contributed by atoms with van der Waals surface area (Å²) in [5.74, 6) is -0.419. The van der Waals surface area contributed by atoms with E-state index in [1.807, 2.05) is 0 Å². The fourth-order valence-electron chi connectivity index (χ4n) is 0.498. The Bertz CT molecular complexity index is 99.7. The number of aliphatic hydroxyl groups is 2. The van der Waals surface area contributed by atoms with E-state index < -0.39 is 17.7 Å². The standard InChI is InChI=1S/C6H15NO3/c1-4(5(8)7-10)6(2,3)9/h4-5,7-10H,1-3H3. The number of hydrogen-bond acceptors (Lipinski definition) is 4. The lowest BCUT2D eigenvalue weighted by Crippen LogP contribution is -2.43. The Kier molecular flexibility index (Phi) is 3.24. The Hall–Kier alpha value is -0.160. The van der Waals surface area contributed by atoms with Gasteiger partial charge in [0.2, 0.25) is 0 Å². The Balaban J connectivity index is 3.94. The molecule has 0 aromatic heterocycles. The summed E-state index contributed by atoms with van der Waals surface area (Å²) in [5, 5.41) is 26.5. The zero-order chi connectivity index (χ0) is 8.36. The first-order chi connectivity index (χ1) is 4.39. The van der Waals surface area contributed by atoms with Crippen molar-refractivity contribution in [2.75, 3.05) is 0 Å². The van der Waals surface area contributed by atoms with Gasteiger partial charge in [-0.25, -0.2) is 0 Å². The molecular formula is C6H15NO3. The maximum atomic E-state index is 9.28. The highest BCUT2D eigenvalue weighted by Gasteiger charge is 2.28. The van der Waals surface area contributed by atoms with Crippen LogP contribution >= 0.6 is 0 Å². The highest BCUT2D eigenvalue weighted by molar-refractivity contribution is 4.76. The van der Waals surface area contributed by atoms with Crippen LogP contribution in [0, 0.1) is 5.92 Å². The second-order valence-corrected chi connectivity index (χ2v) is 3.02. The monoisotopic (exact) mass is 149 g/mol. The molecule has 10 heavy (non-hydrogen) atoms. The second kappa shape index (κ2) is 3.30. The molecule has 4 nitrogen and oxygen atoms in total. The van der Waals surface area contributed by atoms with E-state index in [1.54, 1.807) is 26.3 Å². The van der Waals surface area contributed by atoms with Crippen molar-refractivity contribution in [2.45, 2.75) is 32.6 Å². The van der Waals surface area contributed by atoms with Crippen LogP contribution in [-0.2, 0) is 0 Å². The summed E-state index contributed by atoms with van der Waals surface area (Å²) in [5.41, 5.74) is 0.676. The first-order valence-corrected chi connectivity index (χ1v) is 3.19. The largest absolute Gasteiger partial charge is 0.390 e. The van der Waals surface area contributed by atoms with E-state index in [4.69, 9.17) is 10.3 Å². The average molecular weight is 149 g/mol. The molecule has 62 valence electrons. The molecule has 4 N–H and O–H groups in total. The maximum absolute atomic E-state index is 9.28. The van der Waals surface area contributed by atoms with Gasteiger partial charge in [0.05, 0.1) is 5.60 Å². The number of hydroxylamine groups is 1. The second-order valence-electron chi connectivity index (χ2n) is 3.02. The van der Waals surface area contributed by atoms with Crippen molar-refractivity contribution in [2.24, 2.45) is 5.92 Å². The summed E-state index contributed by atoms with van der Waals surface area (Å²) in [6.45, 7) is 4.77. The summed E-state index contributed by atoms with van der Waals surface area (Å²) in [4.78, 5) is 0. The van der Waals surface area contributed by atoms with Gasteiger partial charge in [-0.2, -0.15) is 5.48 Å². The molecule has 0 aromatic carbocycles.